The van der Waals surface area contributed by atoms with Gasteiger partial charge in [0.15, 0.2) is 11.5 Å². The second-order valence-corrected chi connectivity index (χ2v) is 7.21. The lowest BCUT2D eigenvalue weighted by Gasteiger charge is -2.31. The summed E-state index contributed by atoms with van der Waals surface area (Å²) in [5, 5.41) is 12.5. The maximum Gasteiger partial charge on any atom is 0.280 e. The van der Waals surface area contributed by atoms with Crippen LogP contribution in [0.5, 0.6) is 0 Å². The fourth-order valence-corrected chi connectivity index (χ4v) is 3.50. The van der Waals surface area contributed by atoms with Crippen molar-refractivity contribution in [2.45, 2.75) is 37.6 Å². The van der Waals surface area contributed by atoms with E-state index in [1.165, 1.54) is 0 Å². The Kier molecular flexibility index (Phi) is 3.95. The van der Waals surface area contributed by atoms with Crippen LogP contribution in [0, 0.1) is 0 Å². The molecule has 27 heavy (non-hydrogen) atoms. The number of hydrogen-bond donors (Lipinski definition) is 0. The fourth-order valence-electron chi connectivity index (χ4n) is 3.50. The summed E-state index contributed by atoms with van der Waals surface area (Å²) in [6.07, 6.45) is 5.82. The summed E-state index contributed by atoms with van der Waals surface area (Å²) in [7, 11) is 0. The molecule has 1 saturated carbocycles. The molecule has 2 fully saturated rings. The molecule has 1 aromatic carbocycles. The molecule has 8 nitrogen and oxygen atoms in total. The van der Waals surface area contributed by atoms with E-state index >= 15 is 0 Å². The summed E-state index contributed by atoms with van der Waals surface area (Å²) in [4.78, 5) is 18.9. The summed E-state index contributed by atoms with van der Waals surface area (Å²) in [6.45, 7) is 1.42. The van der Waals surface area contributed by atoms with Crippen LogP contribution >= 0.6 is 0 Å². The predicted molar refractivity (Wildman–Crippen MR) is 95.9 cm³/mol. The second kappa shape index (κ2) is 6.61. The SMILES string of the molecule is O=C(c1ccccc1)N1CCC(n2cc(-c3nc(C4CC4)no3)nn2)CC1. The second-order valence-electron chi connectivity index (χ2n) is 7.21. The average molecular weight is 364 g/mol. The van der Waals surface area contributed by atoms with Crippen LogP contribution in [0.3, 0.4) is 0 Å². The van der Waals surface area contributed by atoms with Gasteiger partial charge in [-0.3, -0.25) is 4.79 Å². The molecule has 0 bridgehead atoms. The standard InChI is InChI=1S/C19H20N6O2/c26-19(14-4-2-1-3-5-14)24-10-8-15(9-11-24)25-12-16(21-23-25)18-20-17(22-27-18)13-6-7-13/h1-5,12-13,15H,6-11H2. The molecule has 8 heteroatoms. The zero-order valence-electron chi connectivity index (χ0n) is 14.9. The number of piperidine rings is 1. The molecule has 1 amide bonds. The minimum Gasteiger partial charge on any atom is -0.338 e. The van der Waals surface area contributed by atoms with Gasteiger partial charge < -0.3 is 9.42 Å². The van der Waals surface area contributed by atoms with Gasteiger partial charge in [-0.1, -0.05) is 28.6 Å². The molecule has 0 radical (unpaired) electrons. The van der Waals surface area contributed by atoms with Crippen molar-refractivity contribution in [1.29, 1.82) is 0 Å². The van der Waals surface area contributed by atoms with Gasteiger partial charge in [-0.15, -0.1) is 5.10 Å². The number of likely N-dealkylation sites (tertiary alicyclic amines) is 1. The molecule has 1 saturated heterocycles. The van der Waals surface area contributed by atoms with Crippen LogP contribution in [0.4, 0.5) is 0 Å². The molecule has 2 aromatic heterocycles. The zero-order valence-corrected chi connectivity index (χ0v) is 14.9. The van der Waals surface area contributed by atoms with Crippen molar-refractivity contribution in [2.75, 3.05) is 13.1 Å². The average Bonchev–Trinajstić information content (AvgIpc) is 3.26. The van der Waals surface area contributed by atoms with Crippen LogP contribution in [0.1, 0.15) is 53.8 Å². The molecule has 0 N–H and O–H groups in total. The Morgan fingerprint density at radius 2 is 1.85 bits per heavy atom. The van der Waals surface area contributed by atoms with Gasteiger partial charge in [0.1, 0.15) is 0 Å². The molecule has 138 valence electrons. The lowest BCUT2D eigenvalue weighted by Crippen LogP contribution is -2.39. The van der Waals surface area contributed by atoms with Crippen molar-refractivity contribution in [2.24, 2.45) is 0 Å². The van der Waals surface area contributed by atoms with Crippen molar-refractivity contribution in [3.63, 3.8) is 0 Å². The number of carbonyl (C=O) groups is 1. The van der Waals surface area contributed by atoms with Crippen LogP contribution in [0.15, 0.2) is 41.1 Å². The maximum atomic E-state index is 12.6. The topological polar surface area (TPSA) is 89.9 Å². The Hall–Kier alpha value is -3.03. The van der Waals surface area contributed by atoms with E-state index in [0.29, 0.717) is 30.6 Å². The number of hydrogen-bond acceptors (Lipinski definition) is 6. The third-order valence-corrected chi connectivity index (χ3v) is 5.26. The molecule has 5 rings (SSSR count). The Balaban J connectivity index is 1.23. The van der Waals surface area contributed by atoms with Crippen molar-refractivity contribution in [3.8, 4) is 11.6 Å². The molecule has 0 unspecified atom stereocenters. The summed E-state index contributed by atoms with van der Waals surface area (Å²) in [6, 6.07) is 9.64. The quantitative estimate of drug-likeness (QED) is 0.707. The van der Waals surface area contributed by atoms with E-state index in [1.807, 2.05) is 46.1 Å². The maximum absolute atomic E-state index is 12.6. The van der Waals surface area contributed by atoms with Crippen LogP contribution < -0.4 is 0 Å². The van der Waals surface area contributed by atoms with Gasteiger partial charge in [0.25, 0.3) is 11.8 Å². The Morgan fingerprint density at radius 3 is 2.59 bits per heavy atom. The molecule has 3 heterocycles. The Labute approximate surface area is 156 Å². The number of rotatable bonds is 4. The summed E-state index contributed by atoms with van der Waals surface area (Å²) < 4.78 is 7.18. The van der Waals surface area contributed by atoms with E-state index in [1.54, 1.807) is 0 Å². The van der Waals surface area contributed by atoms with Gasteiger partial charge in [-0.2, -0.15) is 4.98 Å². The number of amides is 1. The fraction of sp³-hybridized carbons (Fsp3) is 0.421. The highest BCUT2D eigenvalue weighted by Crippen LogP contribution is 2.38. The third kappa shape index (κ3) is 3.22. The Bertz CT molecular complexity index is 938. The Morgan fingerprint density at radius 1 is 1.07 bits per heavy atom. The van der Waals surface area contributed by atoms with Crippen LogP contribution in [-0.2, 0) is 0 Å². The summed E-state index contributed by atoms with van der Waals surface area (Å²) >= 11 is 0. The van der Waals surface area contributed by atoms with E-state index in [-0.39, 0.29) is 11.9 Å². The summed E-state index contributed by atoms with van der Waals surface area (Å²) in [5.41, 5.74) is 1.35. The molecule has 0 spiro atoms. The largest absolute Gasteiger partial charge is 0.338 e. The first kappa shape index (κ1) is 16.2. The number of benzene rings is 1. The molecule has 1 aliphatic carbocycles. The van der Waals surface area contributed by atoms with Crippen molar-refractivity contribution in [3.05, 3.63) is 47.9 Å². The summed E-state index contributed by atoms with van der Waals surface area (Å²) in [5.74, 6) is 1.74. The smallest absolute Gasteiger partial charge is 0.280 e. The third-order valence-electron chi connectivity index (χ3n) is 5.26. The van der Waals surface area contributed by atoms with E-state index in [0.717, 1.165) is 37.1 Å². The first-order chi connectivity index (χ1) is 13.3. The van der Waals surface area contributed by atoms with E-state index in [2.05, 4.69) is 20.5 Å². The first-order valence-corrected chi connectivity index (χ1v) is 9.38. The van der Waals surface area contributed by atoms with Gasteiger partial charge in [0.05, 0.1) is 12.2 Å². The first-order valence-electron chi connectivity index (χ1n) is 9.38. The van der Waals surface area contributed by atoms with Crippen molar-refractivity contribution >= 4 is 5.91 Å². The van der Waals surface area contributed by atoms with Crippen LogP contribution in [-0.4, -0.2) is 49.0 Å². The number of nitrogens with zero attached hydrogens (tertiary/aromatic N) is 6. The minimum absolute atomic E-state index is 0.0896. The van der Waals surface area contributed by atoms with E-state index in [4.69, 9.17) is 4.52 Å². The van der Waals surface area contributed by atoms with Crippen LogP contribution in [0.2, 0.25) is 0 Å². The molecule has 3 aromatic rings. The zero-order chi connectivity index (χ0) is 18.2. The van der Waals surface area contributed by atoms with Gasteiger partial charge in [0, 0.05) is 24.6 Å². The molecule has 1 aliphatic heterocycles. The van der Waals surface area contributed by atoms with Crippen LogP contribution in [0.25, 0.3) is 11.6 Å². The van der Waals surface area contributed by atoms with Gasteiger partial charge in [-0.25, -0.2) is 4.68 Å². The monoisotopic (exact) mass is 364 g/mol. The highest BCUT2D eigenvalue weighted by Gasteiger charge is 2.30. The molecule has 0 atom stereocenters. The van der Waals surface area contributed by atoms with Gasteiger partial charge in [-0.05, 0) is 37.8 Å². The van der Waals surface area contributed by atoms with E-state index in [9.17, 15) is 4.79 Å². The minimum atomic E-state index is 0.0896. The van der Waals surface area contributed by atoms with Crippen molar-refractivity contribution < 1.29 is 9.32 Å². The highest BCUT2D eigenvalue weighted by molar-refractivity contribution is 5.94. The molecular weight excluding hydrogens is 344 g/mol. The highest BCUT2D eigenvalue weighted by atomic mass is 16.5. The molecule has 2 aliphatic rings. The number of aromatic nitrogens is 5. The lowest BCUT2D eigenvalue weighted by molar-refractivity contribution is 0.0689. The van der Waals surface area contributed by atoms with E-state index < -0.39 is 0 Å². The van der Waals surface area contributed by atoms with Gasteiger partial charge in [0.2, 0.25) is 0 Å². The van der Waals surface area contributed by atoms with Crippen molar-refractivity contribution in [1.82, 2.24) is 30.0 Å². The number of carbonyl (C=O) groups excluding carboxylic acids is 1. The predicted octanol–water partition coefficient (Wildman–Crippen LogP) is 2.68. The molecular formula is C19H20N6O2. The lowest BCUT2D eigenvalue weighted by atomic mass is 10.0. The normalized spacial score (nSPS) is 18.0. The van der Waals surface area contributed by atoms with Gasteiger partial charge >= 0.3 is 0 Å².